The summed E-state index contributed by atoms with van der Waals surface area (Å²) in [5, 5.41) is 0.434. The van der Waals surface area contributed by atoms with Crippen LogP contribution in [0.2, 0.25) is 5.02 Å². The first-order valence-electron chi connectivity index (χ1n) is 11.5. The van der Waals surface area contributed by atoms with E-state index in [9.17, 15) is 21.6 Å². The van der Waals surface area contributed by atoms with Crippen molar-refractivity contribution in [3.8, 4) is 23.3 Å². The van der Waals surface area contributed by atoms with E-state index in [-0.39, 0.29) is 22.2 Å². The lowest BCUT2D eigenvalue weighted by Crippen LogP contribution is -2.14. The molecule has 0 fully saturated rings. The lowest BCUT2D eigenvalue weighted by Gasteiger charge is -2.11. The summed E-state index contributed by atoms with van der Waals surface area (Å²) in [7, 11) is 1.88. The van der Waals surface area contributed by atoms with E-state index >= 15 is 0 Å². The third-order valence-electron chi connectivity index (χ3n) is 5.03. The van der Waals surface area contributed by atoms with Gasteiger partial charge >= 0.3 is 5.97 Å². The van der Waals surface area contributed by atoms with Crippen LogP contribution >= 0.6 is 22.3 Å². The number of hydrogen-bond acceptors (Lipinski definition) is 8. The van der Waals surface area contributed by atoms with E-state index in [1.165, 1.54) is 45.6 Å². The molecule has 0 aromatic heterocycles. The molecular formula is C27H27Cl2NO8S2. The van der Waals surface area contributed by atoms with Crippen LogP contribution in [0.3, 0.4) is 0 Å². The van der Waals surface area contributed by atoms with Crippen LogP contribution in [0, 0.1) is 11.8 Å². The number of esters is 1. The van der Waals surface area contributed by atoms with Gasteiger partial charge in [-0.05, 0) is 48.9 Å². The fourth-order valence-electron chi connectivity index (χ4n) is 3.01. The fourth-order valence-corrected chi connectivity index (χ4v) is 5.09. The topological polar surface area (TPSA) is 125 Å². The molecule has 0 amide bonds. The molecule has 1 N–H and O–H groups in total. The summed E-state index contributed by atoms with van der Waals surface area (Å²) in [5.41, 5.74) is 0.754. The predicted octanol–water partition coefficient (Wildman–Crippen LogP) is 5.47. The first kappa shape index (κ1) is 32.8. The van der Waals surface area contributed by atoms with Crippen LogP contribution in [0.4, 0.5) is 5.69 Å². The van der Waals surface area contributed by atoms with E-state index in [0.717, 1.165) is 0 Å². The Kier molecular flexibility index (Phi) is 12.6. The Morgan fingerprint density at radius 2 is 1.48 bits per heavy atom. The van der Waals surface area contributed by atoms with Gasteiger partial charge in [0.25, 0.3) is 19.1 Å². The van der Waals surface area contributed by atoms with Gasteiger partial charge in [0.1, 0.15) is 11.5 Å². The van der Waals surface area contributed by atoms with Crippen molar-refractivity contribution in [1.29, 1.82) is 0 Å². The van der Waals surface area contributed by atoms with E-state index in [2.05, 4.69) is 21.3 Å². The molecule has 9 nitrogen and oxygen atoms in total. The zero-order valence-electron chi connectivity index (χ0n) is 21.8. The number of halogens is 2. The van der Waals surface area contributed by atoms with Gasteiger partial charge in [-0.25, -0.2) is 16.8 Å². The lowest BCUT2D eigenvalue weighted by molar-refractivity contribution is -0.140. The first-order valence-corrected chi connectivity index (χ1v) is 15.7. The van der Waals surface area contributed by atoms with Crippen molar-refractivity contribution in [3.05, 3.63) is 77.3 Å². The van der Waals surface area contributed by atoms with Crippen molar-refractivity contribution in [2.45, 2.75) is 29.1 Å². The highest BCUT2D eigenvalue weighted by Gasteiger charge is 2.17. The zero-order chi connectivity index (χ0) is 29.8. The van der Waals surface area contributed by atoms with E-state index in [4.69, 9.17) is 31.8 Å². The van der Waals surface area contributed by atoms with Gasteiger partial charge < -0.3 is 14.2 Å². The van der Waals surface area contributed by atoms with Crippen molar-refractivity contribution in [2.24, 2.45) is 0 Å². The minimum absolute atomic E-state index is 0.0449. The molecule has 0 saturated carbocycles. The number of ether oxygens (including phenoxy) is 3. The predicted molar refractivity (Wildman–Crippen MR) is 154 cm³/mol. The van der Waals surface area contributed by atoms with Gasteiger partial charge in [0.15, 0.2) is 0 Å². The van der Waals surface area contributed by atoms with Gasteiger partial charge in [0.05, 0.1) is 42.4 Å². The average molecular weight is 629 g/mol. The van der Waals surface area contributed by atoms with Gasteiger partial charge in [-0.15, -0.1) is 0 Å². The third kappa shape index (κ3) is 10.6. The van der Waals surface area contributed by atoms with Crippen LogP contribution in [0.25, 0.3) is 0 Å². The standard InChI is InChI=1S/C20H20ClNO5S.C7H7ClO3S/c1-26-17-8-6-9-18(14-17)28(24,25)22-19-12-11-16(21)13-15(19)7-4-3-5-10-20(23)27-2;1-11-6-3-2-4-7(5-6)12(8,9)10/h6,8-9,11-14,22H,3,5,10H2,1-2H3;2-5H,1H3. The number of nitrogens with one attached hydrogen (secondary N) is 1. The summed E-state index contributed by atoms with van der Waals surface area (Å²) in [6, 6.07) is 16.8. The summed E-state index contributed by atoms with van der Waals surface area (Å²) in [6.07, 6.45) is 1.28. The molecule has 0 aliphatic heterocycles. The summed E-state index contributed by atoms with van der Waals surface area (Å²) in [6.45, 7) is 0. The summed E-state index contributed by atoms with van der Waals surface area (Å²) in [4.78, 5) is 11.2. The SMILES string of the molecule is COC(=O)CCCC#Cc1cc(Cl)ccc1NS(=O)(=O)c1cccc(OC)c1.COc1cccc(S(=O)(=O)Cl)c1. The van der Waals surface area contributed by atoms with E-state index < -0.39 is 19.1 Å². The number of rotatable bonds is 9. The molecule has 3 aromatic carbocycles. The molecule has 0 aliphatic carbocycles. The first-order chi connectivity index (χ1) is 18.9. The molecule has 214 valence electrons. The molecule has 3 aromatic rings. The van der Waals surface area contributed by atoms with Gasteiger partial charge in [-0.3, -0.25) is 9.52 Å². The maximum absolute atomic E-state index is 12.7. The van der Waals surface area contributed by atoms with E-state index in [0.29, 0.717) is 40.6 Å². The molecule has 0 radical (unpaired) electrons. The van der Waals surface area contributed by atoms with Crippen LogP contribution in [0.5, 0.6) is 11.5 Å². The molecule has 0 heterocycles. The molecule has 0 unspecified atom stereocenters. The van der Waals surface area contributed by atoms with Gasteiger partial charge in [0, 0.05) is 40.7 Å². The van der Waals surface area contributed by atoms with Crippen LogP contribution < -0.4 is 14.2 Å². The second-order valence-corrected chi connectivity index (χ2v) is 12.5. The number of anilines is 1. The monoisotopic (exact) mass is 627 g/mol. The Balaban J connectivity index is 0.000000389. The van der Waals surface area contributed by atoms with Gasteiger partial charge in [0.2, 0.25) is 0 Å². The highest BCUT2D eigenvalue weighted by atomic mass is 35.7. The minimum atomic E-state index is -3.83. The smallest absolute Gasteiger partial charge is 0.305 e. The molecule has 0 saturated heterocycles. The van der Waals surface area contributed by atoms with Crippen LogP contribution in [0.15, 0.2) is 76.5 Å². The van der Waals surface area contributed by atoms with Crippen molar-refractivity contribution in [1.82, 2.24) is 0 Å². The largest absolute Gasteiger partial charge is 0.497 e. The lowest BCUT2D eigenvalue weighted by atomic mass is 10.1. The highest BCUT2D eigenvalue weighted by Crippen LogP contribution is 2.25. The van der Waals surface area contributed by atoms with Crippen LogP contribution in [-0.4, -0.2) is 44.1 Å². The van der Waals surface area contributed by atoms with Gasteiger partial charge in [-0.1, -0.05) is 35.6 Å². The Hall–Kier alpha value is -3.43. The van der Waals surface area contributed by atoms with Crippen molar-refractivity contribution in [3.63, 3.8) is 0 Å². The van der Waals surface area contributed by atoms with E-state index in [1.54, 1.807) is 42.5 Å². The highest BCUT2D eigenvalue weighted by molar-refractivity contribution is 8.13. The maximum atomic E-state index is 12.7. The fraction of sp³-hybridized carbons (Fsp3) is 0.222. The van der Waals surface area contributed by atoms with Crippen molar-refractivity contribution in [2.75, 3.05) is 26.1 Å². The Morgan fingerprint density at radius 1 is 0.875 bits per heavy atom. The average Bonchev–Trinajstić information content (AvgIpc) is 2.94. The Labute approximate surface area is 243 Å². The molecule has 0 aliphatic rings. The minimum Gasteiger partial charge on any atom is -0.497 e. The molecule has 40 heavy (non-hydrogen) atoms. The zero-order valence-corrected chi connectivity index (χ0v) is 25.0. The van der Waals surface area contributed by atoms with E-state index in [1.807, 2.05) is 0 Å². The number of methoxy groups -OCH3 is 3. The van der Waals surface area contributed by atoms with Crippen LogP contribution in [-0.2, 0) is 28.6 Å². The quantitative estimate of drug-likeness (QED) is 0.143. The molecule has 0 spiro atoms. The molecule has 3 rings (SSSR count). The molecular weight excluding hydrogens is 601 g/mol. The maximum Gasteiger partial charge on any atom is 0.305 e. The summed E-state index contributed by atoms with van der Waals surface area (Å²) < 4.78 is 64.0. The Morgan fingerprint density at radius 3 is 2.05 bits per heavy atom. The number of benzene rings is 3. The summed E-state index contributed by atoms with van der Waals surface area (Å²) in [5.74, 6) is 6.43. The number of carbonyl (C=O) groups excluding carboxylic acids is 1. The molecule has 0 bridgehead atoms. The Bertz CT molecular complexity index is 1600. The number of unbranched alkanes of at least 4 members (excludes halogenated alkanes) is 1. The second kappa shape index (κ2) is 15.4. The third-order valence-corrected chi connectivity index (χ3v) is 7.98. The molecule has 0 atom stereocenters. The number of carbonyl (C=O) groups is 1. The second-order valence-electron chi connectivity index (χ2n) is 7.82. The summed E-state index contributed by atoms with van der Waals surface area (Å²) >= 11 is 6.02. The molecule has 13 heteroatoms. The van der Waals surface area contributed by atoms with Gasteiger partial charge in [-0.2, -0.15) is 0 Å². The number of sulfonamides is 1. The van der Waals surface area contributed by atoms with Crippen molar-refractivity contribution >= 4 is 53.0 Å². The normalized spacial score (nSPS) is 10.7. The number of hydrogen-bond donors (Lipinski definition) is 1. The van der Waals surface area contributed by atoms with Crippen molar-refractivity contribution < 1.29 is 35.8 Å². The van der Waals surface area contributed by atoms with Crippen LogP contribution in [0.1, 0.15) is 24.8 Å².